The van der Waals surface area contributed by atoms with Crippen molar-refractivity contribution in [1.82, 2.24) is 0 Å². The van der Waals surface area contributed by atoms with Crippen LogP contribution in [0.25, 0.3) is 11.1 Å². The number of rotatable bonds is 10. The van der Waals surface area contributed by atoms with Crippen molar-refractivity contribution in [2.24, 2.45) is 5.16 Å². The highest BCUT2D eigenvalue weighted by Gasteiger charge is 2.15. The number of esters is 1. The third kappa shape index (κ3) is 6.20. The molecule has 0 bridgehead atoms. The van der Waals surface area contributed by atoms with Crippen LogP contribution in [0.5, 0.6) is 5.75 Å². The molecule has 166 valence electrons. The van der Waals surface area contributed by atoms with Crippen LogP contribution in [0.4, 0.5) is 0 Å². The van der Waals surface area contributed by atoms with Gasteiger partial charge in [-0.3, -0.25) is 4.79 Å². The number of hydrogen-bond donors (Lipinski definition) is 0. The van der Waals surface area contributed by atoms with Crippen LogP contribution in [-0.4, -0.2) is 32.0 Å². The fourth-order valence-electron chi connectivity index (χ4n) is 3.31. The van der Waals surface area contributed by atoms with Crippen molar-refractivity contribution in [2.45, 2.75) is 26.2 Å². The van der Waals surface area contributed by atoms with Crippen molar-refractivity contribution in [2.75, 3.05) is 20.3 Å². The van der Waals surface area contributed by atoms with Crippen LogP contribution in [0, 0.1) is 0 Å². The first-order valence-electron chi connectivity index (χ1n) is 10.8. The van der Waals surface area contributed by atoms with Crippen molar-refractivity contribution in [3.05, 3.63) is 90.0 Å². The fourth-order valence-corrected chi connectivity index (χ4v) is 3.31. The second-order valence-electron chi connectivity index (χ2n) is 7.33. The Morgan fingerprint density at radius 3 is 2.31 bits per heavy atom. The van der Waals surface area contributed by atoms with E-state index in [1.807, 2.05) is 42.5 Å². The quantitative estimate of drug-likeness (QED) is 0.175. The Hall–Kier alpha value is -3.60. The van der Waals surface area contributed by atoms with Crippen molar-refractivity contribution in [3.8, 4) is 16.9 Å². The van der Waals surface area contributed by atoms with Gasteiger partial charge in [-0.15, -0.1) is 0 Å². The second kappa shape index (κ2) is 11.7. The van der Waals surface area contributed by atoms with E-state index in [1.165, 1.54) is 18.2 Å². The molecule has 3 aromatic rings. The summed E-state index contributed by atoms with van der Waals surface area (Å²) < 4.78 is 10.6. The van der Waals surface area contributed by atoms with E-state index in [2.05, 4.69) is 48.5 Å². The summed E-state index contributed by atoms with van der Waals surface area (Å²) in [6.45, 7) is 4.53. The van der Waals surface area contributed by atoms with Gasteiger partial charge in [0.1, 0.15) is 12.4 Å². The van der Waals surface area contributed by atoms with Gasteiger partial charge in [0.25, 0.3) is 0 Å². The Balaban J connectivity index is 1.52. The third-order valence-corrected chi connectivity index (χ3v) is 5.19. The number of oxime groups is 1. The standard InChI is InChI=1S/C27H29NO4/c1-4-26(23-15-13-22(14-16-23)21-9-6-5-7-10-21)28-32-18-17-31-25-12-8-11-24(19-25)20(2)27(29)30-3/h5-16,19-20H,4,17-18H2,1-3H3/b28-26+. The van der Waals surface area contributed by atoms with Crippen molar-refractivity contribution < 1.29 is 19.1 Å². The molecule has 0 N–H and O–H groups in total. The lowest BCUT2D eigenvalue weighted by atomic mass is 10.0. The molecule has 0 fully saturated rings. The van der Waals surface area contributed by atoms with Gasteiger partial charge in [-0.05, 0) is 47.7 Å². The average molecular weight is 432 g/mol. The number of benzene rings is 3. The van der Waals surface area contributed by atoms with Gasteiger partial charge < -0.3 is 14.3 Å². The van der Waals surface area contributed by atoms with Crippen LogP contribution in [0.2, 0.25) is 0 Å². The number of hydrogen-bond acceptors (Lipinski definition) is 5. The molecule has 5 heteroatoms. The summed E-state index contributed by atoms with van der Waals surface area (Å²) >= 11 is 0. The van der Waals surface area contributed by atoms with Crippen LogP contribution in [-0.2, 0) is 14.4 Å². The minimum atomic E-state index is -0.343. The predicted octanol–water partition coefficient (Wildman–Crippen LogP) is 5.84. The molecule has 0 aliphatic heterocycles. The van der Waals surface area contributed by atoms with Gasteiger partial charge >= 0.3 is 5.97 Å². The van der Waals surface area contributed by atoms with Gasteiger partial charge in [0.15, 0.2) is 6.61 Å². The van der Waals surface area contributed by atoms with Crippen molar-refractivity contribution in [3.63, 3.8) is 0 Å². The summed E-state index contributed by atoms with van der Waals surface area (Å²) in [6, 6.07) is 26.0. The Morgan fingerprint density at radius 2 is 1.62 bits per heavy atom. The Morgan fingerprint density at radius 1 is 0.906 bits per heavy atom. The molecule has 0 heterocycles. The first kappa shape index (κ1) is 23.1. The SMILES string of the molecule is CC/C(=N\OCCOc1cccc(C(C)C(=O)OC)c1)c1ccc(-c2ccccc2)cc1. The van der Waals surface area contributed by atoms with Gasteiger partial charge in [0.05, 0.1) is 18.7 Å². The minimum Gasteiger partial charge on any atom is -0.490 e. The number of nitrogens with zero attached hydrogens (tertiary/aromatic N) is 1. The van der Waals surface area contributed by atoms with E-state index in [4.69, 9.17) is 14.3 Å². The van der Waals surface area contributed by atoms with E-state index in [-0.39, 0.29) is 11.9 Å². The zero-order valence-corrected chi connectivity index (χ0v) is 18.8. The number of carbonyl (C=O) groups excluding carboxylic acids is 1. The lowest BCUT2D eigenvalue weighted by Crippen LogP contribution is -2.11. The normalized spacial score (nSPS) is 12.2. The van der Waals surface area contributed by atoms with Gasteiger partial charge in [-0.2, -0.15) is 0 Å². The molecular weight excluding hydrogens is 402 g/mol. The molecule has 0 aromatic heterocycles. The molecule has 1 atom stereocenters. The first-order valence-corrected chi connectivity index (χ1v) is 10.8. The third-order valence-electron chi connectivity index (χ3n) is 5.19. The smallest absolute Gasteiger partial charge is 0.312 e. The van der Waals surface area contributed by atoms with Gasteiger partial charge in [-0.25, -0.2) is 0 Å². The molecule has 0 saturated carbocycles. The Labute approximate surface area is 189 Å². The highest BCUT2D eigenvalue weighted by Crippen LogP contribution is 2.22. The molecule has 0 aliphatic carbocycles. The average Bonchev–Trinajstić information content (AvgIpc) is 2.86. The maximum Gasteiger partial charge on any atom is 0.312 e. The molecule has 0 spiro atoms. The molecule has 0 radical (unpaired) electrons. The summed E-state index contributed by atoms with van der Waals surface area (Å²) in [4.78, 5) is 17.2. The lowest BCUT2D eigenvalue weighted by Gasteiger charge is -2.12. The van der Waals surface area contributed by atoms with Crippen molar-refractivity contribution >= 4 is 11.7 Å². The predicted molar refractivity (Wildman–Crippen MR) is 127 cm³/mol. The lowest BCUT2D eigenvalue weighted by molar-refractivity contribution is -0.141. The van der Waals surface area contributed by atoms with E-state index in [1.54, 1.807) is 6.92 Å². The number of carbonyl (C=O) groups is 1. The van der Waals surface area contributed by atoms with E-state index in [9.17, 15) is 4.79 Å². The molecule has 0 saturated heterocycles. The maximum absolute atomic E-state index is 11.7. The summed E-state index contributed by atoms with van der Waals surface area (Å²) in [5.74, 6) is 0.0616. The van der Waals surface area contributed by atoms with Gasteiger partial charge in [0, 0.05) is 0 Å². The molecular formula is C27H29NO4. The molecule has 0 aliphatic rings. The minimum absolute atomic E-state index is 0.274. The maximum atomic E-state index is 11.7. The number of ether oxygens (including phenoxy) is 2. The van der Waals surface area contributed by atoms with Gasteiger partial charge in [0.2, 0.25) is 0 Å². The zero-order valence-electron chi connectivity index (χ0n) is 18.8. The molecule has 3 aromatic carbocycles. The van der Waals surface area contributed by atoms with E-state index < -0.39 is 0 Å². The molecule has 5 nitrogen and oxygen atoms in total. The molecule has 0 amide bonds. The summed E-state index contributed by atoms with van der Waals surface area (Å²) in [5, 5.41) is 4.30. The first-order chi connectivity index (χ1) is 15.6. The van der Waals surface area contributed by atoms with Crippen molar-refractivity contribution in [1.29, 1.82) is 0 Å². The Kier molecular flexibility index (Phi) is 8.44. The van der Waals surface area contributed by atoms with Gasteiger partial charge in [-0.1, -0.05) is 78.8 Å². The highest BCUT2D eigenvalue weighted by molar-refractivity contribution is 6.00. The van der Waals surface area contributed by atoms with Crippen LogP contribution < -0.4 is 4.74 Å². The molecule has 32 heavy (non-hydrogen) atoms. The van der Waals surface area contributed by atoms with E-state index in [0.29, 0.717) is 19.0 Å². The second-order valence-corrected chi connectivity index (χ2v) is 7.33. The molecule has 1 unspecified atom stereocenters. The number of methoxy groups -OCH3 is 1. The van der Waals surface area contributed by atoms with Crippen LogP contribution in [0.15, 0.2) is 84.0 Å². The topological polar surface area (TPSA) is 57.1 Å². The van der Waals surface area contributed by atoms with E-state index in [0.717, 1.165) is 23.3 Å². The van der Waals surface area contributed by atoms with Crippen LogP contribution in [0.3, 0.4) is 0 Å². The molecule has 3 rings (SSSR count). The van der Waals surface area contributed by atoms with E-state index >= 15 is 0 Å². The summed E-state index contributed by atoms with van der Waals surface area (Å²) in [7, 11) is 1.39. The summed E-state index contributed by atoms with van der Waals surface area (Å²) in [5.41, 5.74) is 5.13. The zero-order chi connectivity index (χ0) is 22.8. The van der Waals surface area contributed by atoms with Crippen LogP contribution in [0.1, 0.15) is 37.3 Å². The van der Waals surface area contributed by atoms with Crippen LogP contribution >= 0.6 is 0 Å². The largest absolute Gasteiger partial charge is 0.490 e. The fraction of sp³-hybridized carbons (Fsp3) is 0.259. The monoisotopic (exact) mass is 431 g/mol. The highest BCUT2D eigenvalue weighted by atomic mass is 16.6. The summed E-state index contributed by atoms with van der Waals surface area (Å²) in [6.07, 6.45) is 0.763. The Bertz CT molecular complexity index is 1030.